The predicted octanol–water partition coefficient (Wildman–Crippen LogP) is 1.30. The topological polar surface area (TPSA) is 75.7 Å². The van der Waals surface area contributed by atoms with Gasteiger partial charge in [-0.25, -0.2) is 12.8 Å². The zero-order valence-corrected chi connectivity index (χ0v) is 14.7. The molecule has 0 unspecified atom stereocenters. The van der Waals surface area contributed by atoms with Gasteiger partial charge in [-0.2, -0.15) is 4.31 Å². The zero-order chi connectivity index (χ0) is 17.7. The minimum atomic E-state index is -3.66. The number of carbonyl (C=O) groups excluding carboxylic acids is 1. The quantitative estimate of drug-likeness (QED) is 0.778. The number of carbonyl (C=O) groups is 1. The number of methoxy groups -OCH3 is 1. The average Bonchev–Trinajstić information content (AvgIpc) is 2.57. The van der Waals surface area contributed by atoms with E-state index in [1.807, 2.05) is 0 Å². The van der Waals surface area contributed by atoms with E-state index in [9.17, 15) is 17.6 Å². The lowest BCUT2D eigenvalue weighted by Gasteiger charge is -2.30. The molecule has 1 amide bonds. The first-order valence-corrected chi connectivity index (χ1v) is 9.33. The molecule has 0 aliphatic carbocycles. The summed E-state index contributed by atoms with van der Waals surface area (Å²) in [5, 5.41) is 2.78. The van der Waals surface area contributed by atoms with Crippen molar-refractivity contribution in [3.8, 4) is 0 Å². The van der Waals surface area contributed by atoms with Crippen molar-refractivity contribution in [3.05, 3.63) is 29.6 Å². The van der Waals surface area contributed by atoms with Gasteiger partial charge < -0.3 is 10.1 Å². The lowest BCUT2D eigenvalue weighted by Crippen LogP contribution is -2.43. The molecule has 24 heavy (non-hydrogen) atoms. The fourth-order valence-electron chi connectivity index (χ4n) is 2.71. The number of nitrogens with one attached hydrogen (secondary N) is 1. The standard InChI is InChI=1S/C16H23FN2O4S/c1-12-11-14(3-4-15(12)17)24(21,22)19-8-5-13(6-9-19)16(20)18-7-10-23-2/h3-4,11,13H,5-10H2,1-2H3,(H,18,20). The third-order valence-corrected chi connectivity index (χ3v) is 6.09. The molecule has 134 valence electrons. The van der Waals surface area contributed by atoms with Gasteiger partial charge in [0.25, 0.3) is 0 Å². The SMILES string of the molecule is COCCNC(=O)C1CCN(S(=O)(=O)c2ccc(F)c(C)c2)CC1. The van der Waals surface area contributed by atoms with Crippen LogP contribution in [0, 0.1) is 18.7 Å². The molecule has 1 saturated heterocycles. The van der Waals surface area contributed by atoms with Gasteiger partial charge in [0.2, 0.25) is 15.9 Å². The number of hydrogen-bond donors (Lipinski definition) is 1. The molecule has 8 heteroatoms. The van der Waals surface area contributed by atoms with E-state index in [-0.39, 0.29) is 29.8 Å². The molecular weight excluding hydrogens is 335 g/mol. The Labute approximate surface area is 142 Å². The maximum Gasteiger partial charge on any atom is 0.243 e. The van der Waals surface area contributed by atoms with Crippen molar-refractivity contribution in [1.29, 1.82) is 0 Å². The molecule has 1 fully saturated rings. The van der Waals surface area contributed by atoms with Crippen molar-refractivity contribution in [2.75, 3.05) is 33.4 Å². The number of piperidine rings is 1. The third-order valence-electron chi connectivity index (χ3n) is 4.20. The Bertz CT molecular complexity index is 685. The van der Waals surface area contributed by atoms with Crippen molar-refractivity contribution in [2.24, 2.45) is 5.92 Å². The molecule has 6 nitrogen and oxygen atoms in total. The van der Waals surface area contributed by atoms with Crippen LogP contribution in [0.5, 0.6) is 0 Å². The molecule has 0 aromatic heterocycles. The second-order valence-electron chi connectivity index (χ2n) is 5.87. The highest BCUT2D eigenvalue weighted by atomic mass is 32.2. The molecule has 1 N–H and O–H groups in total. The molecule has 1 aliphatic rings. The third kappa shape index (κ3) is 4.31. The van der Waals surface area contributed by atoms with Gasteiger partial charge >= 0.3 is 0 Å². The largest absolute Gasteiger partial charge is 0.383 e. The highest BCUT2D eigenvalue weighted by Crippen LogP contribution is 2.25. The maximum atomic E-state index is 13.3. The van der Waals surface area contributed by atoms with Crippen molar-refractivity contribution >= 4 is 15.9 Å². The van der Waals surface area contributed by atoms with Gasteiger partial charge in [0.05, 0.1) is 11.5 Å². The zero-order valence-electron chi connectivity index (χ0n) is 13.9. The first kappa shape index (κ1) is 18.8. The lowest BCUT2D eigenvalue weighted by molar-refractivity contribution is -0.126. The number of halogens is 1. The van der Waals surface area contributed by atoms with E-state index in [4.69, 9.17) is 4.74 Å². The van der Waals surface area contributed by atoms with E-state index in [0.29, 0.717) is 31.6 Å². The molecule has 0 saturated carbocycles. The number of ether oxygens (including phenoxy) is 1. The van der Waals surface area contributed by atoms with Crippen LogP contribution in [0.2, 0.25) is 0 Å². The van der Waals surface area contributed by atoms with Crippen LogP contribution in [0.15, 0.2) is 23.1 Å². The first-order valence-electron chi connectivity index (χ1n) is 7.89. The summed E-state index contributed by atoms with van der Waals surface area (Å²) in [6.07, 6.45) is 0.941. The normalized spacial score (nSPS) is 17.0. The van der Waals surface area contributed by atoms with Crippen molar-refractivity contribution in [2.45, 2.75) is 24.7 Å². The summed E-state index contributed by atoms with van der Waals surface area (Å²) in [6.45, 7) is 2.98. The summed E-state index contributed by atoms with van der Waals surface area (Å²) >= 11 is 0. The molecule has 1 heterocycles. The molecule has 1 aromatic carbocycles. The second kappa shape index (κ2) is 8.04. The van der Waals surface area contributed by atoms with Crippen molar-refractivity contribution in [1.82, 2.24) is 9.62 Å². The Hall–Kier alpha value is -1.51. The van der Waals surface area contributed by atoms with E-state index in [1.54, 1.807) is 7.11 Å². The summed E-state index contributed by atoms with van der Waals surface area (Å²) in [5.74, 6) is -0.689. The van der Waals surface area contributed by atoms with Crippen LogP contribution < -0.4 is 5.32 Å². The summed E-state index contributed by atoms with van der Waals surface area (Å²) in [7, 11) is -2.09. The molecular formula is C16H23FN2O4S. The Morgan fingerprint density at radius 1 is 1.38 bits per heavy atom. The highest BCUT2D eigenvalue weighted by molar-refractivity contribution is 7.89. The molecule has 1 aromatic rings. The van der Waals surface area contributed by atoms with Crippen LogP contribution in [-0.2, 0) is 19.6 Å². The number of amides is 1. The van der Waals surface area contributed by atoms with Crippen LogP contribution in [0.1, 0.15) is 18.4 Å². The Morgan fingerprint density at radius 3 is 2.62 bits per heavy atom. The summed E-state index contributed by atoms with van der Waals surface area (Å²) < 4.78 is 44.8. The number of rotatable bonds is 6. The Balaban J connectivity index is 1.98. The number of sulfonamides is 1. The smallest absolute Gasteiger partial charge is 0.243 e. The lowest BCUT2D eigenvalue weighted by atomic mass is 9.97. The van der Waals surface area contributed by atoms with E-state index < -0.39 is 15.8 Å². The van der Waals surface area contributed by atoms with Crippen LogP contribution in [0.4, 0.5) is 4.39 Å². The van der Waals surface area contributed by atoms with Crippen LogP contribution in [-0.4, -0.2) is 52.0 Å². The van der Waals surface area contributed by atoms with E-state index in [2.05, 4.69) is 5.32 Å². The molecule has 2 rings (SSSR count). The predicted molar refractivity (Wildman–Crippen MR) is 87.5 cm³/mol. The fraction of sp³-hybridized carbons (Fsp3) is 0.562. The first-order chi connectivity index (χ1) is 11.4. The Morgan fingerprint density at radius 2 is 2.04 bits per heavy atom. The van der Waals surface area contributed by atoms with Gasteiger partial charge in [-0.1, -0.05) is 0 Å². The summed E-state index contributed by atoms with van der Waals surface area (Å²) in [6, 6.07) is 3.79. The molecule has 1 aliphatic heterocycles. The number of nitrogens with zero attached hydrogens (tertiary/aromatic N) is 1. The fourth-order valence-corrected chi connectivity index (χ4v) is 4.26. The summed E-state index contributed by atoms with van der Waals surface area (Å²) in [4.78, 5) is 12.1. The second-order valence-corrected chi connectivity index (χ2v) is 7.81. The minimum Gasteiger partial charge on any atom is -0.383 e. The van der Waals surface area contributed by atoms with Gasteiger partial charge in [-0.05, 0) is 43.5 Å². The molecule has 0 bridgehead atoms. The van der Waals surface area contributed by atoms with Crippen LogP contribution in [0.25, 0.3) is 0 Å². The maximum absolute atomic E-state index is 13.3. The van der Waals surface area contributed by atoms with Crippen LogP contribution in [0.3, 0.4) is 0 Å². The van der Waals surface area contributed by atoms with Gasteiger partial charge in [0.15, 0.2) is 0 Å². The Kier molecular flexibility index (Phi) is 6.31. The molecule has 0 atom stereocenters. The number of aryl methyl sites for hydroxylation is 1. The van der Waals surface area contributed by atoms with Gasteiger partial charge in [0, 0.05) is 32.7 Å². The van der Waals surface area contributed by atoms with E-state index in [1.165, 1.54) is 23.4 Å². The van der Waals surface area contributed by atoms with E-state index in [0.717, 1.165) is 6.07 Å². The molecule has 0 spiro atoms. The van der Waals surface area contributed by atoms with Crippen LogP contribution >= 0.6 is 0 Å². The molecule has 0 radical (unpaired) electrons. The average molecular weight is 358 g/mol. The van der Waals surface area contributed by atoms with Gasteiger partial charge in [-0.15, -0.1) is 0 Å². The van der Waals surface area contributed by atoms with Crippen molar-refractivity contribution < 1.29 is 22.3 Å². The monoisotopic (exact) mass is 358 g/mol. The summed E-state index contributed by atoms with van der Waals surface area (Å²) in [5.41, 5.74) is 0.295. The van der Waals surface area contributed by atoms with Crippen molar-refractivity contribution in [3.63, 3.8) is 0 Å². The van der Waals surface area contributed by atoms with Gasteiger partial charge in [0.1, 0.15) is 5.82 Å². The number of hydrogen-bond acceptors (Lipinski definition) is 4. The van der Waals surface area contributed by atoms with Gasteiger partial charge in [-0.3, -0.25) is 4.79 Å². The van der Waals surface area contributed by atoms with E-state index >= 15 is 0 Å². The minimum absolute atomic E-state index is 0.0678. The number of benzene rings is 1. The highest BCUT2D eigenvalue weighted by Gasteiger charge is 2.32.